The van der Waals surface area contributed by atoms with Crippen molar-refractivity contribution in [3.8, 4) is 22.0 Å². The quantitative estimate of drug-likeness (QED) is 0.689. The van der Waals surface area contributed by atoms with Crippen molar-refractivity contribution in [3.05, 3.63) is 53.5 Å². The molecule has 4 nitrogen and oxygen atoms in total. The summed E-state index contributed by atoms with van der Waals surface area (Å²) in [5.41, 5.74) is 2.07. The van der Waals surface area contributed by atoms with E-state index in [0.29, 0.717) is 17.0 Å². The van der Waals surface area contributed by atoms with E-state index < -0.39 is 0 Å². The molecule has 2 heterocycles. The molecule has 5 heteroatoms. The van der Waals surface area contributed by atoms with Crippen molar-refractivity contribution in [2.45, 2.75) is 0 Å². The Bertz CT molecular complexity index is 732. The van der Waals surface area contributed by atoms with Crippen molar-refractivity contribution in [1.29, 1.82) is 0 Å². The SMILES string of the molecule is COc1ccccc1-n1cc(C=O)c(-c2cccs2)n1. The summed E-state index contributed by atoms with van der Waals surface area (Å²) in [4.78, 5) is 12.2. The third-order valence-corrected chi connectivity index (χ3v) is 3.83. The van der Waals surface area contributed by atoms with Crippen LogP contribution in [-0.4, -0.2) is 23.2 Å². The van der Waals surface area contributed by atoms with Gasteiger partial charge >= 0.3 is 0 Å². The zero-order valence-electron chi connectivity index (χ0n) is 10.8. The standard InChI is InChI=1S/C15H12N2O2S/c1-19-13-6-3-2-5-12(13)17-9-11(10-18)15(16-17)14-7-4-8-20-14/h2-10H,1H3. The summed E-state index contributed by atoms with van der Waals surface area (Å²) in [6.45, 7) is 0. The van der Waals surface area contributed by atoms with Crippen LogP contribution in [-0.2, 0) is 0 Å². The fourth-order valence-electron chi connectivity index (χ4n) is 2.02. The monoisotopic (exact) mass is 284 g/mol. The Morgan fingerprint density at radius 3 is 2.80 bits per heavy atom. The number of carbonyl (C=O) groups is 1. The third kappa shape index (κ3) is 2.12. The van der Waals surface area contributed by atoms with Crippen LogP contribution in [0.1, 0.15) is 10.4 Å². The molecule has 0 unspecified atom stereocenters. The number of hydrogen-bond donors (Lipinski definition) is 0. The smallest absolute Gasteiger partial charge is 0.153 e. The highest BCUT2D eigenvalue weighted by Crippen LogP contribution is 2.28. The first-order valence-electron chi connectivity index (χ1n) is 6.05. The lowest BCUT2D eigenvalue weighted by Gasteiger charge is -2.07. The number of carbonyl (C=O) groups excluding carboxylic acids is 1. The summed E-state index contributed by atoms with van der Waals surface area (Å²) in [6, 6.07) is 11.5. The van der Waals surface area contributed by atoms with Gasteiger partial charge in [-0.2, -0.15) is 5.10 Å². The van der Waals surface area contributed by atoms with Gasteiger partial charge in [0.25, 0.3) is 0 Å². The van der Waals surface area contributed by atoms with Crippen LogP contribution in [0.15, 0.2) is 48.0 Å². The molecule has 0 aliphatic rings. The van der Waals surface area contributed by atoms with Gasteiger partial charge in [-0.15, -0.1) is 11.3 Å². The Hall–Kier alpha value is -2.40. The number of hydrogen-bond acceptors (Lipinski definition) is 4. The number of ether oxygens (including phenoxy) is 1. The van der Waals surface area contributed by atoms with Gasteiger partial charge in [-0.25, -0.2) is 4.68 Å². The van der Waals surface area contributed by atoms with Crippen molar-refractivity contribution < 1.29 is 9.53 Å². The highest BCUT2D eigenvalue weighted by molar-refractivity contribution is 7.13. The molecule has 0 radical (unpaired) electrons. The van der Waals surface area contributed by atoms with Gasteiger partial charge in [0.2, 0.25) is 0 Å². The molecule has 3 aromatic rings. The lowest BCUT2D eigenvalue weighted by atomic mass is 10.2. The number of para-hydroxylation sites is 2. The second-order valence-electron chi connectivity index (χ2n) is 4.14. The highest BCUT2D eigenvalue weighted by atomic mass is 32.1. The molecule has 1 aromatic carbocycles. The lowest BCUT2D eigenvalue weighted by Crippen LogP contribution is -1.98. The van der Waals surface area contributed by atoms with Crippen molar-refractivity contribution in [3.63, 3.8) is 0 Å². The fourth-order valence-corrected chi connectivity index (χ4v) is 2.75. The van der Waals surface area contributed by atoms with Gasteiger partial charge in [0, 0.05) is 6.20 Å². The summed E-state index contributed by atoms with van der Waals surface area (Å²) in [5.74, 6) is 0.713. The van der Waals surface area contributed by atoms with E-state index in [1.165, 1.54) is 0 Å². The van der Waals surface area contributed by atoms with Crippen molar-refractivity contribution in [2.75, 3.05) is 7.11 Å². The summed E-state index contributed by atoms with van der Waals surface area (Å²) < 4.78 is 7.00. The van der Waals surface area contributed by atoms with E-state index in [-0.39, 0.29) is 0 Å². The number of methoxy groups -OCH3 is 1. The molecule has 3 rings (SSSR count). The van der Waals surface area contributed by atoms with Gasteiger partial charge in [0.05, 0.1) is 17.6 Å². The van der Waals surface area contributed by atoms with Gasteiger partial charge in [-0.1, -0.05) is 18.2 Å². The lowest BCUT2D eigenvalue weighted by molar-refractivity contribution is 0.112. The minimum absolute atomic E-state index is 0.568. The van der Waals surface area contributed by atoms with Crippen LogP contribution in [0.2, 0.25) is 0 Å². The second kappa shape index (κ2) is 5.30. The number of nitrogens with zero attached hydrogens (tertiary/aromatic N) is 2. The molecule has 2 aromatic heterocycles. The molecule has 0 spiro atoms. The zero-order valence-corrected chi connectivity index (χ0v) is 11.6. The van der Waals surface area contributed by atoms with Crippen molar-refractivity contribution >= 4 is 17.6 Å². The van der Waals surface area contributed by atoms with Crippen LogP contribution in [0.5, 0.6) is 5.75 Å². The molecule has 0 saturated carbocycles. The first kappa shape index (κ1) is 12.6. The maximum Gasteiger partial charge on any atom is 0.153 e. The van der Waals surface area contributed by atoms with Crippen LogP contribution in [0.4, 0.5) is 0 Å². The van der Waals surface area contributed by atoms with E-state index in [9.17, 15) is 4.79 Å². The molecule has 0 amide bonds. The predicted molar refractivity (Wildman–Crippen MR) is 78.8 cm³/mol. The van der Waals surface area contributed by atoms with Crippen molar-refractivity contribution in [2.24, 2.45) is 0 Å². The maximum absolute atomic E-state index is 11.2. The molecular formula is C15H12N2O2S. The molecular weight excluding hydrogens is 272 g/mol. The molecule has 0 atom stereocenters. The van der Waals surface area contributed by atoms with Crippen LogP contribution in [0, 0.1) is 0 Å². The van der Waals surface area contributed by atoms with Gasteiger partial charge in [-0.3, -0.25) is 4.79 Å². The highest BCUT2D eigenvalue weighted by Gasteiger charge is 2.14. The Labute approximate surface area is 120 Å². The van der Waals surface area contributed by atoms with E-state index in [0.717, 1.165) is 16.9 Å². The maximum atomic E-state index is 11.2. The minimum Gasteiger partial charge on any atom is -0.494 e. The minimum atomic E-state index is 0.568. The molecule has 0 saturated heterocycles. The molecule has 20 heavy (non-hydrogen) atoms. The second-order valence-corrected chi connectivity index (χ2v) is 5.09. The Morgan fingerprint density at radius 1 is 1.25 bits per heavy atom. The van der Waals surface area contributed by atoms with E-state index in [1.807, 2.05) is 41.8 Å². The summed E-state index contributed by atoms with van der Waals surface area (Å²) in [6.07, 6.45) is 2.55. The molecule has 0 N–H and O–H groups in total. The summed E-state index contributed by atoms with van der Waals surface area (Å²) in [5, 5.41) is 6.48. The van der Waals surface area contributed by atoms with E-state index in [2.05, 4.69) is 5.10 Å². The van der Waals surface area contributed by atoms with E-state index in [1.54, 1.807) is 29.3 Å². The van der Waals surface area contributed by atoms with E-state index in [4.69, 9.17) is 4.74 Å². The Balaban J connectivity index is 2.14. The van der Waals surface area contributed by atoms with Crippen LogP contribution in [0.3, 0.4) is 0 Å². The molecule has 0 fully saturated rings. The average molecular weight is 284 g/mol. The number of thiophene rings is 1. The first-order valence-corrected chi connectivity index (χ1v) is 6.93. The zero-order chi connectivity index (χ0) is 13.9. The summed E-state index contributed by atoms with van der Waals surface area (Å²) in [7, 11) is 1.61. The largest absolute Gasteiger partial charge is 0.494 e. The number of rotatable bonds is 4. The number of benzene rings is 1. The van der Waals surface area contributed by atoms with E-state index >= 15 is 0 Å². The first-order chi connectivity index (χ1) is 9.83. The number of aromatic nitrogens is 2. The van der Waals surface area contributed by atoms with Gasteiger partial charge in [0.15, 0.2) is 6.29 Å². The fraction of sp³-hybridized carbons (Fsp3) is 0.0667. The molecule has 0 aliphatic carbocycles. The van der Waals surface area contributed by atoms with Gasteiger partial charge < -0.3 is 4.74 Å². The molecule has 0 bridgehead atoms. The van der Waals surface area contributed by atoms with Gasteiger partial charge in [0.1, 0.15) is 17.1 Å². The normalized spacial score (nSPS) is 10.4. The third-order valence-electron chi connectivity index (χ3n) is 2.96. The van der Waals surface area contributed by atoms with Crippen LogP contribution >= 0.6 is 11.3 Å². The number of aldehydes is 1. The topological polar surface area (TPSA) is 44.1 Å². The Morgan fingerprint density at radius 2 is 2.10 bits per heavy atom. The van der Waals surface area contributed by atoms with Crippen molar-refractivity contribution in [1.82, 2.24) is 9.78 Å². The van der Waals surface area contributed by atoms with Gasteiger partial charge in [-0.05, 0) is 23.6 Å². The molecule has 0 aliphatic heterocycles. The van der Waals surface area contributed by atoms with Crippen LogP contribution in [0.25, 0.3) is 16.3 Å². The predicted octanol–water partition coefficient (Wildman–Crippen LogP) is 3.42. The summed E-state index contributed by atoms with van der Waals surface area (Å²) >= 11 is 1.56. The average Bonchev–Trinajstić information content (AvgIpc) is 3.15. The Kier molecular flexibility index (Phi) is 3.35. The van der Waals surface area contributed by atoms with Crippen LogP contribution < -0.4 is 4.74 Å². The molecule has 100 valence electrons.